The fourth-order valence-electron chi connectivity index (χ4n) is 1.35. The van der Waals surface area contributed by atoms with Gasteiger partial charge in [-0.25, -0.2) is 13.8 Å². The number of benzene rings is 1. The molecule has 16 heavy (non-hydrogen) atoms. The molecule has 0 aliphatic carbocycles. The number of hydrogen-bond acceptors (Lipinski definition) is 1. The second kappa shape index (κ2) is 4.43. The van der Waals surface area contributed by atoms with E-state index in [9.17, 15) is 8.78 Å². The molecule has 1 aromatic carbocycles. The number of hydrogen-bond donors (Lipinski definition) is 0. The Morgan fingerprint density at radius 2 is 1.88 bits per heavy atom. The Morgan fingerprint density at radius 1 is 1.19 bits per heavy atom. The third kappa shape index (κ3) is 2.01. The molecule has 2 rings (SSSR count). The molecule has 0 N–H and O–H groups in total. The van der Waals surface area contributed by atoms with Crippen LogP contribution in [0.25, 0.3) is 10.9 Å². The first-order valence-electron chi connectivity index (χ1n) is 4.23. The molecule has 84 valence electrons. The van der Waals surface area contributed by atoms with Gasteiger partial charge in [0.1, 0.15) is 5.69 Å². The van der Waals surface area contributed by atoms with E-state index in [0.29, 0.717) is 14.9 Å². The second-order valence-corrected chi connectivity index (χ2v) is 4.75. The lowest BCUT2D eigenvalue weighted by Gasteiger charge is -2.07. The fourth-order valence-corrected chi connectivity index (χ4v) is 2.50. The van der Waals surface area contributed by atoms with E-state index in [1.165, 1.54) is 0 Å². The highest BCUT2D eigenvalue weighted by Gasteiger charge is 2.15. The van der Waals surface area contributed by atoms with Crippen LogP contribution in [0.4, 0.5) is 8.78 Å². The van der Waals surface area contributed by atoms with Crippen molar-refractivity contribution in [2.45, 2.75) is 6.43 Å². The monoisotopic (exact) mass is 325 g/mol. The fraction of sp³-hybridized carbons (Fsp3) is 0.100. The standard InChI is InChI=1S/C10H4BrCl2F2N/c11-4-1-2-5(12)9-8(4)6(13)3-7(16-9)10(14)15/h1-3,10H. The van der Waals surface area contributed by atoms with E-state index in [1.54, 1.807) is 12.1 Å². The summed E-state index contributed by atoms with van der Waals surface area (Å²) in [4.78, 5) is 3.80. The van der Waals surface area contributed by atoms with Crippen molar-refractivity contribution in [1.29, 1.82) is 0 Å². The predicted octanol–water partition coefficient (Wildman–Crippen LogP) is 5.24. The normalized spacial score (nSPS) is 11.4. The van der Waals surface area contributed by atoms with Crippen LogP contribution in [-0.2, 0) is 0 Å². The first-order valence-corrected chi connectivity index (χ1v) is 5.78. The number of fused-ring (bicyclic) bond motifs is 1. The van der Waals surface area contributed by atoms with Gasteiger partial charge in [0, 0.05) is 9.86 Å². The SMILES string of the molecule is FC(F)c1cc(Cl)c2c(Br)ccc(Cl)c2n1. The van der Waals surface area contributed by atoms with E-state index in [1.807, 2.05) is 0 Å². The van der Waals surface area contributed by atoms with Gasteiger partial charge in [-0.2, -0.15) is 0 Å². The zero-order valence-corrected chi connectivity index (χ0v) is 10.7. The average Bonchev–Trinajstić information content (AvgIpc) is 2.22. The number of halogens is 5. The average molecular weight is 327 g/mol. The number of aromatic nitrogens is 1. The van der Waals surface area contributed by atoms with Crippen molar-refractivity contribution >= 4 is 50.0 Å². The van der Waals surface area contributed by atoms with E-state index >= 15 is 0 Å². The van der Waals surface area contributed by atoms with Crippen LogP contribution in [0.5, 0.6) is 0 Å². The van der Waals surface area contributed by atoms with Crippen LogP contribution < -0.4 is 0 Å². The van der Waals surface area contributed by atoms with Crippen LogP contribution >= 0.6 is 39.1 Å². The Balaban J connectivity index is 2.86. The van der Waals surface area contributed by atoms with Crippen molar-refractivity contribution in [2.24, 2.45) is 0 Å². The number of alkyl halides is 2. The molecule has 1 heterocycles. The summed E-state index contributed by atoms with van der Waals surface area (Å²) in [6.45, 7) is 0. The molecule has 0 saturated carbocycles. The maximum absolute atomic E-state index is 12.5. The Kier molecular flexibility index (Phi) is 3.33. The van der Waals surface area contributed by atoms with Gasteiger partial charge in [-0.05, 0) is 18.2 Å². The molecule has 0 bridgehead atoms. The molecule has 0 radical (unpaired) electrons. The second-order valence-electron chi connectivity index (χ2n) is 3.08. The van der Waals surface area contributed by atoms with Crippen LogP contribution in [0, 0.1) is 0 Å². The zero-order valence-electron chi connectivity index (χ0n) is 7.65. The lowest BCUT2D eigenvalue weighted by atomic mass is 10.2. The molecule has 1 nitrogen and oxygen atoms in total. The molecule has 0 atom stereocenters. The molecule has 0 aliphatic rings. The van der Waals surface area contributed by atoms with Crippen LogP contribution in [0.15, 0.2) is 22.7 Å². The maximum Gasteiger partial charge on any atom is 0.280 e. The molecule has 0 aliphatic heterocycles. The van der Waals surface area contributed by atoms with Crippen molar-refractivity contribution in [3.8, 4) is 0 Å². The summed E-state index contributed by atoms with van der Waals surface area (Å²) < 4.78 is 25.7. The van der Waals surface area contributed by atoms with Crippen molar-refractivity contribution in [3.63, 3.8) is 0 Å². The number of pyridine rings is 1. The maximum atomic E-state index is 12.5. The molecule has 6 heteroatoms. The molecule has 0 saturated heterocycles. The van der Waals surface area contributed by atoms with Gasteiger partial charge in [-0.3, -0.25) is 0 Å². The van der Waals surface area contributed by atoms with E-state index in [4.69, 9.17) is 23.2 Å². The van der Waals surface area contributed by atoms with Gasteiger partial charge in [0.2, 0.25) is 0 Å². The van der Waals surface area contributed by atoms with E-state index in [-0.39, 0.29) is 16.2 Å². The molecule has 0 spiro atoms. The molecule has 1 aromatic heterocycles. The first kappa shape index (κ1) is 12.0. The molecular formula is C10H4BrCl2F2N. The van der Waals surface area contributed by atoms with Gasteiger partial charge in [-0.1, -0.05) is 39.1 Å². The highest BCUT2D eigenvalue weighted by molar-refractivity contribution is 9.10. The minimum atomic E-state index is -2.67. The first-order chi connectivity index (χ1) is 7.50. The van der Waals surface area contributed by atoms with Gasteiger partial charge < -0.3 is 0 Å². The number of nitrogens with zero attached hydrogens (tertiary/aromatic N) is 1. The molecular weight excluding hydrogens is 323 g/mol. The summed E-state index contributed by atoms with van der Waals surface area (Å²) in [6, 6.07) is 4.42. The minimum absolute atomic E-state index is 0.203. The summed E-state index contributed by atoms with van der Waals surface area (Å²) in [5, 5.41) is 1.04. The summed E-state index contributed by atoms with van der Waals surface area (Å²) >= 11 is 15.1. The van der Waals surface area contributed by atoms with Gasteiger partial charge in [-0.15, -0.1) is 0 Å². The summed E-state index contributed by atoms with van der Waals surface area (Å²) in [5.74, 6) is 0. The Bertz CT molecular complexity index is 560. The van der Waals surface area contributed by atoms with E-state index < -0.39 is 6.43 Å². The van der Waals surface area contributed by atoms with Gasteiger partial charge in [0.15, 0.2) is 0 Å². The minimum Gasteiger partial charge on any atom is -0.245 e. The third-order valence-corrected chi connectivity index (χ3v) is 3.32. The zero-order chi connectivity index (χ0) is 11.9. The molecule has 0 fully saturated rings. The highest BCUT2D eigenvalue weighted by Crippen LogP contribution is 2.35. The third-order valence-electron chi connectivity index (χ3n) is 2.06. The van der Waals surface area contributed by atoms with Crippen molar-refractivity contribution in [1.82, 2.24) is 4.98 Å². The quantitative estimate of drug-likeness (QED) is 0.698. The lowest BCUT2D eigenvalue weighted by Crippen LogP contribution is -1.92. The largest absolute Gasteiger partial charge is 0.280 e. The van der Waals surface area contributed by atoms with Gasteiger partial charge in [0.25, 0.3) is 6.43 Å². The van der Waals surface area contributed by atoms with Crippen LogP contribution in [0.1, 0.15) is 12.1 Å². The Hall–Kier alpha value is -0.450. The van der Waals surface area contributed by atoms with Crippen LogP contribution in [-0.4, -0.2) is 4.98 Å². The lowest BCUT2D eigenvalue weighted by molar-refractivity contribution is 0.146. The van der Waals surface area contributed by atoms with Crippen molar-refractivity contribution in [3.05, 3.63) is 38.4 Å². The van der Waals surface area contributed by atoms with Crippen LogP contribution in [0.2, 0.25) is 10.0 Å². The van der Waals surface area contributed by atoms with Gasteiger partial charge >= 0.3 is 0 Å². The number of rotatable bonds is 1. The summed E-state index contributed by atoms with van der Waals surface area (Å²) in [5.41, 5.74) is -0.101. The summed E-state index contributed by atoms with van der Waals surface area (Å²) in [6.07, 6.45) is -2.67. The highest BCUT2D eigenvalue weighted by atomic mass is 79.9. The topological polar surface area (TPSA) is 12.9 Å². The molecule has 0 amide bonds. The predicted molar refractivity (Wildman–Crippen MR) is 64.4 cm³/mol. The van der Waals surface area contributed by atoms with E-state index in [2.05, 4.69) is 20.9 Å². The van der Waals surface area contributed by atoms with E-state index in [0.717, 1.165) is 6.07 Å². The van der Waals surface area contributed by atoms with Crippen molar-refractivity contribution < 1.29 is 8.78 Å². The smallest absolute Gasteiger partial charge is 0.245 e. The molecule has 0 unspecified atom stereocenters. The van der Waals surface area contributed by atoms with Gasteiger partial charge in [0.05, 0.1) is 15.6 Å². The van der Waals surface area contributed by atoms with Crippen molar-refractivity contribution in [2.75, 3.05) is 0 Å². The van der Waals surface area contributed by atoms with Crippen LogP contribution in [0.3, 0.4) is 0 Å². The molecule has 2 aromatic rings. The summed E-state index contributed by atoms with van der Waals surface area (Å²) in [7, 11) is 0. The Morgan fingerprint density at radius 3 is 2.50 bits per heavy atom. The Labute approximate surface area is 109 Å².